The van der Waals surface area contributed by atoms with Crippen LogP contribution in [-0.4, -0.2) is 26.0 Å². The van der Waals surface area contributed by atoms with Gasteiger partial charge in [-0.1, -0.05) is 11.3 Å². The van der Waals surface area contributed by atoms with Crippen molar-refractivity contribution < 1.29 is 13.2 Å². The number of nitrogens with zero attached hydrogens (tertiary/aromatic N) is 4. The molecule has 2 aromatic rings. The smallest absolute Gasteiger partial charge is 0.312 e. The Kier molecular flexibility index (Phi) is 2.25. The van der Waals surface area contributed by atoms with Gasteiger partial charge in [-0.05, 0) is 19.8 Å². The molecule has 0 spiro atoms. The molecule has 1 unspecified atom stereocenters. The van der Waals surface area contributed by atoms with Crippen LogP contribution in [0, 0.1) is 0 Å². The molecular weight excluding hydrogens is 267 g/mol. The second kappa shape index (κ2) is 3.41. The molecule has 18 heavy (non-hydrogen) atoms. The van der Waals surface area contributed by atoms with Gasteiger partial charge in [-0.15, -0.1) is 10.2 Å². The van der Waals surface area contributed by atoms with Crippen LogP contribution in [0.2, 0.25) is 0 Å². The predicted molar refractivity (Wildman–Crippen MR) is 58.2 cm³/mol. The van der Waals surface area contributed by atoms with Gasteiger partial charge in [0.15, 0.2) is 11.4 Å². The summed E-state index contributed by atoms with van der Waals surface area (Å²) < 4.78 is 39.8. The van der Waals surface area contributed by atoms with Gasteiger partial charge in [0.25, 0.3) is 0 Å². The number of hydrogen-bond donors (Lipinski definition) is 1. The molecule has 9 heteroatoms. The molecule has 0 aromatic carbocycles. The van der Waals surface area contributed by atoms with E-state index in [-0.39, 0.29) is 10.9 Å². The van der Waals surface area contributed by atoms with Crippen molar-refractivity contribution in [2.75, 3.05) is 0 Å². The molecule has 3 rings (SSSR count). The molecular formula is C9H10F3N5S. The molecule has 1 saturated carbocycles. The summed E-state index contributed by atoms with van der Waals surface area (Å²) in [5, 5.41) is 11.5. The number of hydrogen-bond acceptors (Lipinski definition) is 5. The first-order chi connectivity index (χ1) is 8.30. The maximum absolute atomic E-state index is 12.8. The van der Waals surface area contributed by atoms with Crippen molar-refractivity contribution in [2.24, 2.45) is 5.73 Å². The quantitative estimate of drug-likeness (QED) is 0.908. The lowest BCUT2D eigenvalue weighted by Gasteiger charge is -2.24. The fraction of sp³-hybridized carbons (Fsp3) is 0.667. The number of fused-ring (bicyclic) bond motifs is 1. The second-order valence-corrected chi connectivity index (χ2v) is 5.59. The second-order valence-electron chi connectivity index (χ2n) is 4.63. The third-order valence-corrected chi connectivity index (χ3v) is 4.13. The van der Waals surface area contributed by atoms with E-state index in [9.17, 15) is 13.2 Å². The number of nitrogens with two attached hydrogens (primary N) is 1. The maximum Gasteiger partial charge on any atom is 0.412 e. The van der Waals surface area contributed by atoms with E-state index < -0.39 is 11.7 Å². The summed E-state index contributed by atoms with van der Waals surface area (Å²) in [6.07, 6.45) is -2.59. The number of alkyl halides is 3. The van der Waals surface area contributed by atoms with Crippen molar-refractivity contribution in [1.29, 1.82) is 0 Å². The lowest BCUT2D eigenvalue weighted by Crippen LogP contribution is -2.47. The van der Waals surface area contributed by atoms with Crippen LogP contribution in [0.15, 0.2) is 0 Å². The van der Waals surface area contributed by atoms with Gasteiger partial charge in [0.2, 0.25) is 4.96 Å². The summed E-state index contributed by atoms with van der Waals surface area (Å²) in [6, 6.07) is 0. The average Bonchev–Trinajstić information content (AvgIpc) is 2.87. The van der Waals surface area contributed by atoms with Gasteiger partial charge < -0.3 is 5.73 Å². The molecule has 0 radical (unpaired) electrons. The zero-order valence-corrected chi connectivity index (χ0v) is 10.2. The first-order valence-electron chi connectivity index (χ1n) is 5.39. The van der Waals surface area contributed by atoms with Crippen molar-refractivity contribution in [3.8, 4) is 0 Å². The molecule has 2 N–H and O–H groups in total. The van der Waals surface area contributed by atoms with Crippen molar-refractivity contribution in [1.82, 2.24) is 19.8 Å². The van der Waals surface area contributed by atoms with Crippen LogP contribution in [0.3, 0.4) is 0 Å². The molecule has 0 saturated heterocycles. The van der Waals surface area contributed by atoms with E-state index >= 15 is 0 Å². The summed E-state index contributed by atoms with van der Waals surface area (Å²) >= 11 is 0.830. The monoisotopic (exact) mass is 277 g/mol. The van der Waals surface area contributed by atoms with Crippen molar-refractivity contribution in [2.45, 2.75) is 37.4 Å². The first-order valence-corrected chi connectivity index (χ1v) is 6.20. The molecule has 0 amide bonds. The largest absolute Gasteiger partial charge is 0.412 e. The topological polar surface area (TPSA) is 69.1 Å². The van der Waals surface area contributed by atoms with Gasteiger partial charge >= 0.3 is 6.18 Å². The fourth-order valence-electron chi connectivity index (χ4n) is 1.56. The third-order valence-electron chi connectivity index (χ3n) is 2.99. The van der Waals surface area contributed by atoms with E-state index in [1.807, 2.05) is 0 Å². The highest BCUT2D eigenvalue weighted by Crippen LogP contribution is 2.41. The lowest BCUT2D eigenvalue weighted by atomic mass is 10.1. The Morgan fingerprint density at radius 3 is 2.56 bits per heavy atom. The molecule has 1 aliphatic rings. The van der Waals surface area contributed by atoms with Crippen LogP contribution in [0.1, 0.15) is 36.5 Å². The predicted octanol–water partition coefficient (Wildman–Crippen LogP) is 1.80. The zero-order valence-electron chi connectivity index (χ0n) is 9.40. The van der Waals surface area contributed by atoms with Gasteiger partial charge in [0.1, 0.15) is 5.01 Å². The summed E-state index contributed by atoms with van der Waals surface area (Å²) in [5.41, 5.74) is 2.88. The molecule has 0 aliphatic heterocycles. The third kappa shape index (κ3) is 1.61. The van der Waals surface area contributed by atoms with Gasteiger partial charge in [-0.2, -0.15) is 22.8 Å². The summed E-state index contributed by atoms with van der Waals surface area (Å²) in [7, 11) is 0. The minimum Gasteiger partial charge on any atom is -0.312 e. The van der Waals surface area contributed by atoms with Crippen LogP contribution in [0.4, 0.5) is 13.2 Å². The molecule has 1 fully saturated rings. The van der Waals surface area contributed by atoms with E-state index in [0.717, 1.165) is 31.1 Å². The number of aromatic nitrogens is 4. The van der Waals surface area contributed by atoms with Crippen LogP contribution < -0.4 is 5.73 Å². The highest BCUT2D eigenvalue weighted by Gasteiger charge is 2.52. The number of halogens is 3. The van der Waals surface area contributed by atoms with Gasteiger partial charge in [-0.3, -0.25) is 0 Å². The molecule has 0 bridgehead atoms. The standard InChI is InChI=1S/C9H10F3N5S/c1-8(13,9(10,11)12)6-16-17-5(4-2-3-4)14-15-7(17)18-6/h4H,2-3,13H2,1H3. The van der Waals surface area contributed by atoms with E-state index in [1.54, 1.807) is 0 Å². The first kappa shape index (κ1) is 11.8. The van der Waals surface area contributed by atoms with E-state index in [2.05, 4.69) is 15.3 Å². The average molecular weight is 277 g/mol. The van der Waals surface area contributed by atoms with Gasteiger partial charge in [0, 0.05) is 5.92 Å². The minimum atomic E-state index is -4.55. The Bertz CT molecular complexity index is 595. The Labute approximate surface area is 104 Å². The van der Waals surface area contributed by atoms with Crippen LogP contribution in [0.25, 0.3) is 4.96 Å². The Morgan fingerprint density at radius 1 is 1.33 bits per heavy atom. The van der Waals surface area contributed by atoms with Crippen LogP contribution in [0.5, 0.6) is 0 Å². The van der Waals surface area contributed by atoms with Crippen molar-refractivity contribution in [3.05, 3.63) is 10.8 Å². The summed E-state index contributed by atoms with van der Waals surface area (Å²) in [4.78, 5) is 0.354. The molecule has 2 heterocycles. The summed E-state index contributed by atoms with van der Waals surface area (Å²) in [6.45, 7) is 0.912. The molecule has 98 valence electrons. The SMILES string of the molecule is CC(N)(c1nn2c(C3CC3)nnc2s1)C(F)(F)F. The van der Waals surface area contributed by atoms with Gasteiger partial charge in [-0.25, -0.2) is 0 Å². The highest BCUT2D eigenvalue weighted by molar-refractivity contribution is 7.16. The van der Waals surface area contributed by atoms with E-state index in [1.165, 1.54) is 4.52 Å². The van der Waals surface area contributed by atoms with Gasteiger partial charge in [0.05, 0.1) is 0 Å². The molecule has 5 nitrogen and oxygen atoms in total. The fourth-order valence-corrected chi connectivity index (χ4v) is 2.48. The Balaban J connectivity index is 2.08. The van der Waals surface area contributed by atoms with Crippen molar-refractivity contribution >= 4 is 16.3 Å². The molecule has 2 aromatic heterocycles. The highest BCUT2D eigenvalue weighted by atomic mass is 32.1. The van der Waals surface area contributed by atoms with Crippen LogP contribution >= 0.6 is 11.3 Å². The van der Waals surface area contributed by atoms with Crippen molar-refractivity contribution in [3.63, 3.8) is 0 Å². The zero-order chi connectivity index (χ0) is 13.1. The number of rotatable bonds is 2. The Hall–Kier alpha value is -1.22. The van der Waals surface area contributed by atoms with Crippen LogP contribution in [-0.2, 0) is 5.54 Å². The normalized spacial score (nSPS) is 20.3. The lowest BCUT2D eigenvalue weighted by molar-refractivity contribution is -0.184. The maximum atomic E-state index is 12.8. The molecule has 1 aliphatic carbocycles. The van der Waals surface area contributed by atoms with E-state index in [0.29, 0.717) is 10.8 Å². The van der Waals surface area contributed by atoms with E-state index in [4.69, 9.17) is 5.73 Å². The minimum absolute atomic E-state index is 0.193. The summed E-state index contributed by atoms with van der Waals surface area (Å²) in [5.74, 6) is 0.898. The Morgan fingerprint density at radius 2 is 2.00 bits per heavy atom. The molecule has 1 atom stereocenters.